The van der Waals surface area contributed by atoms with Crippen LogP contribution in [0.15, 0.2) is 84.9 Å². The van der Waals surface area contributed by atoms with Crippen LogP contribution in [0.1, 0.15) is 33.0 Å². The molecule has 4 aromatic carbocycles. The van der Waals surface area contributed by atoms with E-state index in [9.17, 15) is 4.79 Å². The number of hydrogen-bond donors (Lipinski definition) is 0. The molecule has 168 valence electrons. The quantitative estimate of drug-likeness (QED) is 0.276. The van der Waals surface area contributed by atoms with E-state index in [1.807, 2.05) is 52.5 Å². The lowest BCUT2D eigenvalue weighted by Gasteiger charge is -2.23. The Morgan fingerprint density at radius 3 is 1.64 bits per heavy atom. The van der Waals surface area contributed by atoms with Crippen molar-refractivity contribution in [3.63, 3.8) is 0 Å². The second-order valence-electron chi connectivity index (χ2n) is 8.65. The van der Waals surface area contributed by atoms with Crippen LogP contribution >= 0.6 is 0 Å². The molecule has 4 heteroatoms. The van der Waals surface area contributed by atoms with Crippen LogP contribution < -0.4 is 9.80 Å². The van der Waals surface area contributed by atoms with E-state index < -0.39 is 0 Å². The van der Waals surface area contributed by atoms with Gasteiger partial charge in [0.2, 0.25) is 0 Å². The molecular weight excluding hydrogens is 408 g/mol. The molecule has 0 atom stereocenters. The zero-order valence-corrected chi connectivity index (χ0v) is 19.9. The summed E-state index contributed by atoms with van der Waals surface area (Å²) in [5.41, 5.74) is 6.31. The fourth-order valence-electron chi connectivity index (χ4n) is 4.37. The van der Waals surface area contributed by atoms with Crippen LogP contribution in [0.2, 0.25) is 0 Å². The van der Waals surface area contributed by atoms with E-state index in [2.05, 4.69) is 70.5 Å². The average molecular weight is 439 g/mol. The minimum absolute atomic E-state index is 0.0352. The average Bonchev–Trinajstić information content (AvgIpc) is 2.84. The Labute approximate surface area is 196 Å². The van der Waals surface area contributed by atoms with Gasteiger partial charge in [-0.1, -0.05) is 54.6 Å². The number of ether oxygens (including phenoxy) is 1. The normalized spacial score (nSPS) is 11.0. The maximum atomic E-state index is 12.7. The van der Waals surface area contributed by atoms with Gasteiger partial charge in [0.05, 0.1) is 12.7 Å². The third kappa shape index (κ3) is 4.42. The molecule has 4 rings (SSSR count). The molecule has 4 aromatic rings. The molecule has 0 aliphatic heterocycles. The molecule has 0 amide bonds. The maximum Gasteiger partial charge on any atom is 0.338 e. The minimum atomic E-state index is -0.322. The summed E-state index contributed by atoms with van der Waals surface area (Å²) >= 11 is 0. The van der Waals surface area contributed by atoms with Crippen molar-refractivity contribution in [3.8, 4) is 0 Å². The maximum absolute atomic E-state index is 12.7. The minimum Gasteiger partial charge on any atom is -0.465 e. The van der Waals surface area contributed by atoms with Gasteiger partial charge < -0.3 is 14.5 Å². The van der Waals surface area contributed by atoms with Gasteiger partial charge in [0.1, 0.15) is 0 Å². The number of fused-ring (bicyclic) bond motifs is 1. The predicted molar refractivity (Wildman–Crippen MR) is 138 cm³/mol. The van der Waals surface area contributed by atoms with Crippen molar-refractivity contribution >= 4 is 28.1 Å². The van der Waals surface area contributed by atoms with E-state index >= 15 is 0 Å². The zero-order chi connectivity index (χ0) is 23.5. The number of hydrogen-bond acceptors (Lipinski definition) is 4. The first-order valence-corrected chi connectivity index (χ1v) is 11.0. The number of esters is 1. The molecule has 0 unspecified atom stereocenters. The highest BCUT2D eigenvalue weighted by Gasteiger charge is 2.22. The van der Waals surface area contributed by atoms with Gasteiger partial charge in [-0.3, -0.25) is 0 Å². The standard InChI is InChI=1S/C29H30N2O2/c1-30(2)23-16-12-21(13-17-23)27(22-14-18-24(19-15-22)31(3)4)25-10-6-8-20-9-7-11-26(28(20)25)29(32)33-5/h6-19,27H,1-5H3. The first kappa shape index (κ1) is 22.4. The third-order valence-corrected chi connectivity index (χ3v) is 6.14. The number of carbonyl (C=O) groups is 1. The van der Waals surface area contributed by atoms with Crippen LogP contribution in [-0.2, 0) is 4.74 Å². The molecule has 0 radical (unpaired) electrons. The van der Waals surface area contributed by atoms with Gasteiger partial charge in [-0.2, -0.15) is 0 Å². The Bertz CT molecular complexity index is 1200. The van der Waals surface area contributed by atoms with Crippen molar-refractivity contribution in [2.75, 3.05) is 45.1 Å². The fourth-order valence-corrected chi connectivity index (χ4v) is 4.37. The number of benzene rings is 4. The highest BCUT2D eigenvalue weighted by Crippen LogP contribution is 2.38. The second kappa shape index (κ2) is 9.37. The summed E-state index contributed by atoms with van der Waals surface area (Å²) in [5, 5.41) is 1.96. The van der Waals surface area contributed by atoms with Gasteiger partial charge in [0.15, 0.2) is 0 Å². The Balaban J connectivity index is 1.97. The summed E-state index contributed by atoms with van der Waals surface area (Å²) in [6, 6.07) is 29.3. The van der Waals surface area contributed by atoms with Crippen LogP contribution in [0.3, 0.4) is 0 Å². The molecular formula is C29H30N2O2. The van der Waals surface area contributed by atoms with Crippen molar-refractivity contribution < 1.29 is 9.53 Å². The molecule has 0 aliphatic carbocycles. The Morgan fingerprint density at radius 2 is 1.18 bits per heavy atom. The van der Waals surface area contributed by atoms with Gasteiger partial charge in [-0.05, 0) is 52.4 Å². The fraction of sp³-hybridized carbons (Fsp3) is 0.207. The molecule has 4 nitrogen and oxygen atoms in total. The number of carbonyl (C=O) groups excluding carboxylic acids is 1. The van der Waals surface area contributed by atoms with E-state index in [1.54, 1.807) is 0 Å². The first-order valence-electron chi connectivity index (χ1n) is 11.0. The van der Waals surface area contributed by atoms with Gasteiger partial charge >= 0.3 is 5.97 Å². The topological polar surface area (TPSA) is 32.8 Å². The van der Waals surface area contributed by atoms with Crippen LogP contribution in [0.25, 0.3) is 10.8 Å². The van der Waals surface area contributed by atoms with Gasteiger partial charge in [0.25, 0.3) is 0 Å². The Kier molecular flexibility index (Phi) is 6.36. The Hall–Kier alpha value is -3.79. The number of rotatable bonds is 6. The second-order valence-corrected chi connectivity index (χ2v) is 8.65. The van der Waals surface area contributed by atoms with Crippen molar-refractivity contribution in [2.45, 2.75) is 5.92 Å². The van der Waals surface area contributed by atoms with E-state index in [0.29, 0.717) is 5.56 Å². The highest BCUT2D eigenvalue weighted by atomic mass is 16.5. The monoisotopic (exact) mass is 438 g/mol. The summed E-state index contributed by atoms with van der Waals surface area (Å²) in [7, 11) is 9.60. The van der Waals surface area contributed by atoms with E-state index in [4.69, 9.17) is 4.74 Å². The lowest BCUT2D eigenvalue weighted by molar-refractivity contribution is 0.0603. The molecule has 0 heterocycles. The molecule has 0 N–H and O–H groups in total. The number of nitrogens with zero attached hydrogens (tertiary/aromatic N) is 2. The molecule has 0 saturated carbocycles. The predicted octanol–water partition coefficient (Wildman–Crippen LogP) is 5.94. The van der Waals surface area contributed by atoms with E-state index in [1.165, 1.54) is 18.2 Å². The van der Waals surface area contributed by atoms with Gasteiger partial charge in [-0.15, -0.1) is 0 Å². The first-order chi connectivity index (χ1) is 15.9. The molecule has 0 spiro atoms. The summed E-state index contributed by atoms with van der Waals surface area (Å²) < 4.78 is 5.12. The Morgan fingerprint density at radius 1 is 0.697 bits per heavy atom. The van der Waals surface area contributed by atoms with E-state index in [0.717, 1.165) is 27.7 Å². The molecule has 0 aliphatic rings. The lowest BCUT2D eigenvalue weighted by atomic mass is 9.81. The van der Waals surface area contributed by atoms with Crippen molar-refractivity contribution in [2.24, 2.45) is 0 Å². The molecule has 33 heavy (non-hydrogen) atoms. The SMILES string of the molecule is COC(=O)c1cccc2cccc(C(c3ccc(N(C)C)cc3)c3ccc(N(C)C)cc3)c12. The highest BCUT2D eigenvalue weighted by molar-refractivity contribution is 6.06. The van der Waals surface area contributed by atoms with Crippen molar-refractivity contribution in [3.05, 3.63) is 107 Å². The summed E-state index contributed by atoms with van der Waals surface area (Å²) in [6.45, 7) is 0. The van der Waals surface area contributed by atoms with Gasteiger partial charge in [0, 0.05) is 50.9 Å². The molecule has 0 aromatic heterocycles. The largest absolute Gasteiger partial charge is 0.465 e. The number of methoxy groups -OCH3 is 1. The summed E-state index contributed by atoms with van der Waals surface area (Å²) in [6.07, 6.45) is 0. The van der Waals surface area contributed by atoms with Gasteiger partial charge in [-0.25, -0.2) is 4.79 Å². The van der Waals surface area contributed by atoms with Crippen LogP contribution in [-0.4, -0.2) is 41.3 Å². The molecule has 0 saturated heterocycles. The van der Waals surface area contributed by atoms with Crippen LogP contribution in [0.5, 0.6) is 0 Å². The third-order valence-electron chi connectivity index (χ3n) is 6.14. The lowest BCUT2D eigenvalue weighted by Crippen LogP contribution is -2.11. The van der Waals surface area contributed by atoms with Crippen molar-refractivity contribution in [1.82, 2.24) is 0 Å². The van der Waals surface area contributed by atoms with E-state index in [-0.39, 0.29) is 11.9 Å². The van der Waals surface area contributed by atoms with Crippen LogP contribution in [0.4, 0.5) is 11.4 Å². The number of anilines is 2. The smallest absolute Gasteiger partial charge is 0.338 e. The zero-order valence-electron chi connectivity index (χ0n) is 19.9. The molecule has 0 bridgehead atoms. The van der Waals surface area contributed by atoms with Crippen LogP contribution in [0, 0.1) is 0 Å². The molecule has 0 fully saturated rings. The van der Waals surface area contributed by atoms with Crippen molar-refractivity contribution in [1.29, 1.82) is 0 Å². The summed E-state index contributed by atoms with van der Waals surface area (Å²) in [5.74, 6) is -0.357. The summed E-state index contributed by atoms with van der Waals surface area (Å²) in [4.78, 5) is 16.9.